The summed E-state index contributed by atoms with van der Waals surface area (Å²) in [6, 6.07) is -0.548. The van der Waals surface area contributed by atoms with Crippen LogP contribution in [0.4, 0.5) is 0 Å². The Balaban J connectivity index is 2.72. The number of carbonyl (C=O) groups is 1. The molecule has 0 amide bonds. The topological polar surface area (TPSA) is 55.6 Å². The molecule has 0 aromatic rings. The third kappa shape index (κ3) is 3.61. The average molecular weight is 226 g/mol. The molecule has 0 aliphatic carbocycles. The summed E-state index contributed by atoms with van der Waals surface area (Å²) in [4.78, 5) is 13.9. The third-order valence-electron chi connectivity index (χ3n) is 2.50. The lowest BCUT2D eigenvalue weighted by Gasteiger charge is -2.31. The van der Waals surface area contributed by atoms with E-state index in [1.54, 1.807) is 0 Å². The van der Waals surface area contributed by atoms with Crippen LogP contribution >= 0.6 is 0 Å². The zero-order chi connectivity index (χ0) is 12.3. The molecule has 1 aliphatic heterocycles. The van der Waals surface area contributed by atoms with Gasteiger partial charge in [-0.1, -0.05) is 12.2 Å². The predicted molar refractivity (Wildman–Crippen MR) is 64.0 cm³/mol. The SMILES string of the molecule is CN1CC=CCC(N)C1C(=O)OC(C)(C)C. The molecule has 1 heterocycles. The highest BCUT2D eigenvalue weighted by molar-refractivity contribution is 5.77. The van der Waals surface area contributed by atoms with Gasteiger partial charge in [-0.3, -0.25) is 9.69 Å². The molecule has 16 heavy (non-hydrogen) atoms. The minimum Gasteiger partial charge on any atom is -0.459 e. The van der Waals surface area contributed by atoms with Crippen LogP contribution in [0.5, 0.6) is 0 Å². The molecule has 1 aliphatic rings. The lowest BCUT2D eigenvalue weighted by atomic mass is 10.1. The molecular formula is C12H22N2O2. The van der Waals surface area contributed by atoms with Gasteiger partial charge in [0.05, 0.1) is 0 Å². The molecule has 0 saturated carbocycles. The first kappa shape index (κ1) is 13.2. The summed E-state index contributed by atoms with van der Waals surface area (Å²) in [6.45, 7) is 6.33. The molecule has 0 saturated heterocycles. The predicted octanol–water partition coefficient (Wildman–Crippen LogP) is 0.916. The van der Waals surface area contributed by atoms with E-state index >= 15 is 0 Å². The highest BCUT2D eigenvalue weighted by Gasteiger charge is 2.33. The van der Waals surface area contributed by atoms with Gasteiger partial charge in [0, 0.05) is 12.6 Å². The second-order valence-corrected chi connectivity index (χ2v) is 5.29. The van der Waals surface area contributed by atoms with Crippen LogP contribution in [0, 0.1) is 0 Å². The maximum Gasteiger partial charge on any atom is 0.325 e. The van der Waals surface area contributed by atoms with Gasteiger partial charge in [0.2, 0.25) is 0 Å². The van der Waals surface area contributed by atoms with E-state index in [-0.39, 0.29) is 18.1 Å². The summed E-state index contributed by atoms with van der Waals surface area (Å²) in [5, 5.41) is 0. The molecule has 4 nitrogen and oxygen atoms in total. The maximum atomic E-state index is 12.0. The first-order chi connectivity index (χ1) is 7.31. The molecule has 2 atom stereocenters. The normalized spacial score (nSPS) is 27.6. The molecule has 0 aromatic heterocycles. The van der Waals surface area contributed by atoms with E-state index in [0.717, 1.165) is 6.54 Å². The van der Waals surface area contributed by atoms with Crippen LogP contribution in [0.3, 0.4) is 0 Å². The smallest absolute Gasteiger partial charge is 0.325 e. The van der Waals surface area contributed by atoms with Gasteiger partial charge in [-0.2, -0.15) is 0 Å². The summed E-state index contributed by atoms with van der Waals surface area (Å²) in [6.07, 6.45) is 4.77. The molecule has 4 heteroatoms. The third-order valence-corrected chi connectivity index (χ3v) is 2.50. The van der Waals surface area contributed by atoms with Crippen molar-refractivity contribution >= 4 is 5.97 Å². The standard InChI is InChI=1S/C12H22N2O2/c1-12(2,3)16-11(15)10-9(13)7-5-6-8-14(10)4/h5-6,9-10H,7-8,13H2,1-4H3. The van der Waals surface area contributed by atoms with Gasteiger partial charge in [-0.05, 0) is 34.2 Å². The first-order valence-corrected chi connectivity index (χ1v) is 5.65. The van der Waals surface area contributed by atoms with Crippen LogP contribution in [-0.4, -0.2) is 42.1 Å². The van der Waals surface area contributed by atoms with Crippen molar-refractivity contribution in [1.82, 2.24) is 4.90 Å². The summed E-state index contributed by atoms with van der Waals surface area (Å²) in [5.74, 6) is -0.230. The Labute approximate surface area is 97.4 Å². The number of hydrogen-bond donors (Lipinski definition) is 1. The molecule has 0 fully saturated rings. The van der Waals surface area contributed by atoms with Crippen molar-refractivity contribution in [2.75, 3.05) is 13.6 Å². The van der Waals surface area contributed by atoms with Crippen LogP contribution in [0.15, 0.2) is 12.2 Å². The number of ether oxygens (including phenoxy) is 1. The molecule has 0 spiro atoms. The Kier molecular flexibility index (Phi) is 4.10. The summed E-state index contributed by atoms with van der Waals surface area (Å²) < 4.78 is 5.39. The quantitative estimate of drug-likeness (QED) is 0.533. The Morgan fingerprint density at radius 3 is 2.62 bits per heavy atom. The Morgan fingerprint density at radius 2 is 2.06 bits per heavy atom. The summed E-state index contributed by atoms with van der Waals surface area (Å²) in [7, 11) is 1.89. The fourth-order valence-corrected chi connectivity index (χ4v) is 1.78. The van der Waals surface area contributed by atoms with Crippen molar-refractivity contribution in [1.29, 1.82) is 0 Å². The Hall–Kier alpha value is -0.870. The van der Waals surface area contributed by atoms with Gasteiger partial charge < -0.3 is 10.5 Å². The van der Waals surface area contributed by atoms with Crippen LogP contribution in [-0.2, 0) is 9.53 Å². The van der Waals surface area contributed by atoms with Crippen molar-refractivity contribution < 1.29 is 9.53 Å². The monoisotopic (exact) mass is 226 g/mol. The van der Waals surface area contributed by atoms with Gasteiger partial charge in [0.25, 0.3) is 0 Å². The molecule has 0 bridgehead atoms. The molecule has 92 valence electrons. The average Bonchev–Trinajstić information content (AvgIpc) is 2.24. The number of nitrogens with two attached hydrogens (primary N) is 1. The lowest BCUT2D eigenvalue weighted by molar-refractivity contribution is -0.161. The summed E-state index contributed by atoms with van der Waals surface area (Å²) in [5.41, 5.74) is 5.53. The van der Waals surface area contributed by atoms with Crippen molar-refractivity contribution in [2.24, 2.45) is 5.73 Å². The number of rotatable bonds is 1. The molecule has 0 aromatic carbocycles. The molecular weight excluding hydrogens is 204 g/mol. The van der Waals surface area contributed by atoms with Crippen LogP contribution in [0.25, 0.3) is 0 Å². The number of carbonyl (C=O) groups excluding carboxylic acids is 1. The minimum atomic E-state index is -0.461. The van der Waals surface area contributed by atoms with Crippen LogP contribution in [0.2, 0.25) is 0 Å². The van der Waals surface area contributed by atoms with Crippen molar-refractivity contribution in [2.45, 2.75) is 44.9 Å². The van der Waals surface area contributed by atoms with Gasteiger partial charge in [0.1, 0.15) is 11.6 Å². The molecule has 1 rings (SSSR count). The van der Waals surface area contributed by atoms with Crippen molar-refractivity contribution in [3.63, 3.8) is 0 Å². The van der Waals surface area contributed by atoms with E-state index in [9.17, 15) is 4.79 Å². The van der Waals surface area contributed by atoms with Crippen LogP contribution in [0.1, 0.15) is 27.2 Å². The van der Waals surface area contributed by atoms with Gasteiger partial charge >= 0.3 is 5.97 Å². The second kappa shape index (κ2) is 4.97. The largest absolute Gasteiger partial charge is 0.459 e. The number of esters is 1. The maximum absolute atomic E-state index is 12.0. The first-order valence-electron chi connectivity index (χ1n) is 5.65. The van der Waals surface area contributed by atoms with E-state index in [1.807, 2.05) is 44.9 Å². The van der Waals surface area contributed by atoms with Gasteiger partial charge in [-0.25, -0.2) is 0 Å². The lowest BCUT2D eigenvalue weighted by Crippen LogP contribution is -2.52. The second-order valence-electron chi connectivity index (χ2n) is 5.29. The van der Waals surface area contributed by atoms with Crippen molar-refractivity contribution in [3.8, 4) is 0 Å². The zero-order valence-electron chi connectivity index (χ0n) is 10.6. The van der Waals surface area contributed by atoms with E-state index in [0.29, 0.717) is 6.42 Å². The minimum absolute atomic E-state index is 0.196. The van der Waals surface area contributed by atoms with Crippen LogP contribution < -0.4 is 5.73 Å². The molecule has 0 radical (unpaired) electrons. The van der Waals surface area contributed by atoms with Crippen molar-refractivity contribution in [3.05, 3.63) is 12.2 Å². The van der Waals surface area contributed by atoms with Gasteiger partial charge in [0.15, 0.2) is 0 Å². The van der Waals surface area contributed by atoms with E-state index in [2.05, 4.69) is 0 Å². The molecule has 2 N–H and O–H groups in total. The number of likely N-dealkylation sites (N-methyl/N-ethyl adjacent to an activating group) is 1. The molecule has 2 unspecified atom stereocenters. The zero-order valence-corrected chi connectivity index (χ0v) is 10.6. The van der Waals surface area contributed by atoms with E-state index in [1.165, 1.54) is 0 Å². The fraction of sp³-hybridized carbons (Fsp3) is 0.750. The van der Waals surface area contributed by atoms with E-state index < -0.39 is 5.60 Å². The highest BCUT2D eigenvalue weighted by Crippen LogP contribution is 2.15. The summed E-state index contributed by atoms with van der Waals surface area (Å²) >= 11 is 0. The van der Waals surface area contributed by atoms with E-state index in [4.69, 9.17) is 10.5 Å². The number of hydrogen-bond acceptors (Lipinski definition) is 4. The fourth-order valence-electron chi connectivity index (χ4n) is 1.78. The number of nitrogens with zero attached hydrogens (tertiary/aromatic N) is 1. The van der Waals surface area contributed by atoms with Gasteiger partial charge in [-0.15, -0.1) is 0 Å². The Morgan fingerprint density at radius 1 is 1.44 bits per heavy atom. The highest BCUT2D eigenvalue weighted by atomic mass is 16.6. The Bertz CT molecular complexity index is 267.